The van der Waals surface area contributed by atoms with Crippen LogP contribution in [-0.4, -0.2) is 29.0 Å². The van der Waals surface area contributed by atoms with Gasteiger partial charge in [-0.1, -0.05) is 45.5 Å². The van der Waals surface area contributed by atoms with Crippen LogP contribution in [-0.2, 0) is 4.74 Å². The minimum Gasteiger partial charge on any atom is -0.382 e. The van der Waals surface area contributed by atoms with E-state index in [1.54, 1.807) is 0 Å². The first-order chi connectivity index (χ1) is 7.20. The van der Waals surface area contributed by atoms with Crippen LogP contribution in [0.1, 0.15) is 40.0 Å². The summed E-state index contributed by atoms with van der Waals surface area (Å²) in [6.07, 6.45) is 4.13. The maximum absolute atomic E-state index is 6.38. The van der Waals surface area contributed by atoms with Crippen molar-refractivity contribution in [2.24, 2.45) is 0 Å². The van der Waals surface area contributed by atoms with E-state index in [0.717, 1.165) is 6.61 Å². The lowest BCUT2D eigenvalue weighted by Gasteiger charge is -2.50. The first kappa shape index (κ1) is 13.5. The SMILES string of the molecule is CC[Si](CC)(CC)C1([SiH2]C)CCCCO1. The first-order valence-corrected chi connectivity index (χ1v) is 11.6. The lowest BCUT2D eigenvalue weighted by atomic mass is 10.2. The molecule has 1 rings (SSSR count). The van der Waals surface area contributed by atoms with E-state index in [1.165, 1.54) is 37.4 Å². The molecule has 1 aliphatic heterocycles. The Morgan fingerprint density at radius 2 is 1.73 bits per heavy atom. The van der Waals surface area contributed by atoms with Gasteiger partial charge in [0.15, 0.2) is 0 Å². The predicted octanol–water partition coefficient (Wildman–Crippen LogP) is 3.15. The quantitative estimate of drug-likeness (QED) is 0.675. The highest BCUT2D eigenvalue weighted by molar-refractivity contribution is 6.89. The second-order valence-electron chi connectivity index (χ2n) is 4.99. The van der Waals surface area contributed by atoms with Crippen molar-refractivity contribution in [1.82, 2.24) is 0 Å². The van der Waals surface area contributed by atoms with E-state index in [1.807, 2.05) is 0 Å². The molecule has 1 fully saturated rings. The number of hydrogen-bond donors (Lipinski definition) is 0. The van der Waals surface area contributed by atoms with Gasteiger partial charge >= 0.3 is 0 Å². The molecule has 0 saturated carbocycles. The second kappa shape index (κ2) is 5.64. The Morgan fingerprint density at radius 3 is 2.07 bits per heavy atom. The summed E-state index contributed by atoms with van der Waals surface area (Å²) in [4.78, 5) is 0.462. The molecule has 0 spiro atoms. The third-order valence-corrected chi connectivity index (χ3v) is 16.3. The molecule has 1 saturated heterocycles. The van der Waals surface area contributed by atoms with Crippen LogP contribution in [0.3, 0.4) is 0 Å². The molecule has 0 radical (unpaired) electrons. The molecule has 0 aromatic carbocycles. The average molecular weight is 245 g/mol. The lowest BCUT2D eigenvalue weighted by molar-refractivity contribution is 0.0266. The van der Waals surface area contributed by atoms with E-state index >= 15 is 0 Å². The summed E-state index contributed by atoms with van der Waals surface area (Å²) >= 11 is 0. The molecule has 1 atom stereocenters. The molecule has 3 heteroatoms. The summed E-state index contributed by atoms with van der Waals surface area (Å²) in [6, 6.07) is 4.29. The van der Waals surface area contributed by atoms with Crippen molar-refractivity contribution < 1.29 is 4.74 Å². The van der Waals surface area contributed by atoms with Crippen molar-refractivity contribution in [3.63, 3.8) is 0 Å². The first-order valence-electron chi connectivity index (χ1n) is 6.84. The van der Waals surface area contributed by atoms with E-state index in [2.05, 4.69) is 27.3 Å². The lowest BCUT2D eigenvalue weighted by Crippen LogP contribution is -2.63. The number of ether oxygens (including phenoxy) is 1. The van der Waals surface area contributed by atoms with Gasteiger partial charge in [0.05, 0.1) is 17.6 Å². The Bertz CT molecular complexity index is 176. The smallest absolute Gasteiger partial charge is 0.0857 e. The topological polar surface area (TPSA) is 9.23 Å². The molecule has 0 bridgehead atoms. The zero-order valence-electron chi connectivity index (χ0n) is 11.1. The average Bonchev–Trinajstić information content (AvgIpc) is 2.33. The fraction of sp³-hybridized carbons (Fsp3) is 1.00. The van der Waals surface area contributed by atoms with Gasteiger partial charge < -0.3 is 4.74 Å². The summed E-state index contributed by atoms with van der Waals surface area (Å²) in [5.74, 6) is 0. The Kier molecular flexibility index (Phi) is 5.06. The Morgan fingerprint density at radius 1 is 1.13 bits per heavy atom. The molecular weight excluding hydrogens is 216 g/mol. The molecule has 0 N–H and O–H groups in total. The van der Waals surface area contributed by atoms with Crippen LogP contribution in [0.2, 0.25) is 24.7 Å². The van der Waals surface area contributed by atoms with Gasteiger partial charge in [-0.15, -0.1) is 0 Å². The van der Waals surface area contributed by atoms with Crippen LogP contribution < -0.4 is 0 Å². The van der Waals surface area contributed by atoms with Crippen LogP contribution in [0.4, 0.5) is 0 Å². The van der Waals surface area contributed by atoms with Gasteiger partial charge in [-0.2, -0.15) is 0 Å². The minimum absolute atomic E-state index is 0.0362. The van der Waals surface area contributed by atoms with Crippen molar-refractivity contribution in [2.45, 2.75) is 69.6 Å². The zero-order valence-corrected chi connectivity index (χ0v) is 13.5. The summed E-state index contributed by atoms with van der Waals surface area (Å²) < 4.78 is 6.38. The summed E-state index contributed by atoms with van der Waals surface area (Å²) in [5, 5.41) is 0. The van der Waals surface area contributed by atoms with E-state index < -0.39 is 8.07 Å². The van der Waals surface area contributed by atoms with E-state index in [0.29, 0.717) is 4.85 Å². The van der Waals surface area contributed by atoms with Crippen molar-refractivity contribution in [3.05, 3.63) is 0 Å². The van der Waals surface area contributed by atoms with Gasteiger partial charge in [0, 0.05) is 11.5 Å². The molecule has 1 unspecified atom stereocenters. The summed E-state index contributed by atoms with van der Waals surface area (Å²) in [6.45, 7) is 10.8. The molecule has 90 valence electrons. The fourth-order valence-corrected chi connectivity index (χ4v) is 14.4. The Labute approximate surface area is 98.8 Å². The van der Waals surface area contributed by atoms with Gasteiger partial charge in [-0.3, -0.25) is 0 Å². The minimum atomic E-state index is -1.13. The van der Waals surface area contributed by atoms with Gasteiger partial charge in [0.25, 0.3) is 0 Å². The van der Waals surface area contributed by atoms with E-state index in [4.69, 9.17) is 4.74 Å². The number of rotatable bonds is 5. The van der Waals surface area contributed by atoms with Crippen molar-refractivity contribution in [1.29, 1.82) is 0 Å². The van der Waals surface area contributed by atoms with Crippen LogP contribution in [0.5, 0.6) is 0 Å². The van der Waals surface area contributed by atoms with Crippen LogP contribution in [0.15, 0.2) is 0 Å². The molecule has 0 amide bonds. The monoisotopic (exact) mass is 244 g/mol. The second-order valence-corrected chi connectivity index (χ2v) is 13.1. The van der Waals surface area contributed by atoms with E-state index in [-0.39, 0.29) is 9.52 Å². The normalized spacial score (nSPS) is 28.8. The largest absolute Gasteiger partial charge is 0.382 e. The molecule has 1 nitrogen and oxygen atoms in total. The van der Waals surface area contributed by atoms with Crippen LogP contribution in [0, 0.1) is 0 Å². The fourth-order valence-electron chi connectivity index (χ4n) is 3.64. The predicted molar refractivity (Wildman–Crippen MR) is 74.1 cm³/mol. The van der Waals surface area contributed by atoms with Crippen molar-refractivity contribution in [2.75, 3.05) is 6.61 Å². The molecule has 0 aromatic heterocycles. The molecule has 0 aromatic rings. The van der Waals surface area contributed by atoms with Crippen molar-refractivity contribution >= 4 is 17.6 Å². The highest BCUT2D eigenvalue weighted by atomic mass is 28.4. The van der Waals surface area contributed by atoms with Gasteiger partial charge in [-0.25, -0.2) is 0 Å². The van der Waals surface area contributed by atoms with Crippen molar-refractivity contribution in [3.8, 4) is 0 Å². The molecule has 15 heavy (non-hydrogen) atoms. The highest BCUT2D eigenvalue weighted by Gasteiger charge is 2.49. The molecular formula is C12H28OSi2. The summed E-state index contributed by atoms with van der Waals surface area (Å²) in [7, 11) is -1.16. The van der Waals surface area contributed by atoms with Crippen LogP contribution >= 0.6 is 0 Å². The maximum Gasteiger partial charge on any atom is 0.0857 e. The molecule has 1 aliphatic rings. The molecule has 0 aliphatic carbocycles. The third kappa shape index (κ3) is 2.24. The third-order valence-electron chi connectivity index (χ3n) is 4.92. The van der Waals surface area contributed by atoms with E-state index in [9.17, 15) is 0 Å². The highest BCUT2D eigenvalue weighted by Crippen LogP contribution is 2.40. The van der Waals surface area contributed by atoms with Gasteiger partial charge in [-0.05, 0) is 19.3 Å². The standard InChI is InChI=1S/C12H28OSi2/c1-5-15(6-2,7-3)12(14-4)10-8-9-11-13-12/h5-11,14H2,1-4H3. The Hall–Kier alpha value is 0.394. The number of hydrogen-bond acceptors (Lipinski definition) is 1. The zero-order chi connectivity index (χ0) is 11.4. The molecule has 1 heterocycles. The van der Waals surface area contributed by atoms with Gasteiger partial charge in [0.1, 0.15) is 0 Å². The Balaban J connectivity index is 2.93. The maximum atomic E-state index is 6.38. The summed E-state index contributed by atoms with van der Waals surface area (Å²) in [5.41, 5.74) is 0. The van der Waals surface area contributed by atoms with Gasteiger partial charge in [0.2, 0.25) is 0 Å². The van der Waals surface area contributed by atoms with Crippen LogP contribution in [0.25, 0.3) is 0 Å².